The van der Waals surface area contributed by atoms with E-state index in [2.05, 4.69) is 137 Å². The highest BCUT2D eigenvalue weighted by atomic mass is 15.0. The van der Waals surface area contributed by atoms with Crippen LogP contribution >= 0.6 is 0 Å². The average Bonchev–Trinajstić information content (AvgIpc) is 3.32. The molecule has 0 fully saturated rings. The van der Waals surface area contributed by atoms with Crippen molar-refractivity contribution >= 4 is 39.0 Å². The molecule has 0 aliphatic carbocycles. The second kappa shape index (κ2) is 10.4. The van der Waals surface area contributed by atoms with Crippen LogP contribution in [-0.4, -0.2) is 17.2 Å². The van der Waals surface area contributed by atoms with Gasteiger partial charge in [-0.2, -0.15) is 0 Å². The summed E-state index contributed by atoms with van der Waals surface area (Å²) in [4.78, 5) is 0. The Bertz CT molecular complexity index is 1920. The first-order valence-corrected chi connectivity index (χ1v) is 14.1. The van der Waals surface area contributed by atoms with Gasteiger partial charge in [0.1, 0.15) is 0 Å². The van der Waals surface area contributed by atoms with Crippen molar-refractivity contribution < 1.29 is 0 Å². The van der Waals surface area contributed by atoms with Crippen molar-refractivity contribution in [3.8, 4) is 5.69 Å². The first-order valence-electron chi connectivity index (χ1n) is 14.1. The van der Waals surface area contributed by atoms with Crippen LogP contribution in [-0.2, 0) is 0 Å². The Morgan fingerprint density at radius 2 is 1.66 bits per heavy atom. The zero-order valence-corrected chi connectivity index (χ0v) is 23.0. The van der Waals surface area contributed by atoms with Gasteiger partial charge in [-0.05, 0) is 94.9 Å². The summed E-state index contributed by atoms with van der Waals surface area (Å²) in [6, 6.07) is 32.6. The normalized spacial score (nSPS) is 16.8. The van der Waals surface area contributed by atoms with Crippen LogP contribution in [0, 0.1) is 6.92 Å². The van der Waals surface area contributed by atoms with Gasteiger partial charge in [0, 0.05) is 28.9 Å². The standard InChI is InChI=1S/C37H32N4/c1-25-31-9-4-5-12-37(31)41(36(25)17-20-38)30-15-13-26(14-16-30)29-23-34(28-18-21-39-22-19-28)40-35(24-29)33-11-6-8-27-7-2-3-10-32(27)33/h2-21,23-24,34,39-40H,22,38H2,1H3/b20-17-. The minimum absolute atomic E-state index is 0.0688. The number of benzene rings is 4. The molecule has 0 amide bonds. The predicted molar refractivity (Wildman–Crippen MR) is 173 cm³/mol. The van der Waals surface area contributed by atoms with Gasteiger partial charge in [0.2, 0.25) is 0 Å². The molecule has 0 saturated heterocycles. The van der Waals surface area contributed by atoms with E-state index in [1.165, 1.54) is 49.5 Å². The highest BCUT2D eigenvalue weighted by Crippen LogP contribution is 2.34. The van der Waals surface area contributed by atoms with Crippen molar-refractivity contribution in [3.05, 3.63) is 156 Å². The molecule has 4 aromatic carbocycles. The highest BCUT2D eigenvalue weighted by molar-refractivity contribution is 5.97. The molecule has 7 rings (SSSR count). The second-order valence-corrected chi connectivity index (χ2v) is 10.5. The minimum Gasteiger partial charge on any atom is -0.405 e. The fraction of sp³-hybridized carbons (Fsp3) is 0.0811. The molecule has 1 aromatic heterocycles. The second-order valence-electron chi connectivity index (χ2n) is 10.5. The number of fused-ring (bicyclic) bond motifs is 2. The van der Waals surface area contributed by atoms with Gasteiger partial charge in [-0.3, -0.25) is 0 Å². The lowest BCUT2D eigenvalue weighted by molar-refractivity contribution is 0.803. The Kier molecular flexibility index (Phi) is 6.29. The van der Waals surface area contributed by atoms with Crippen molar-refractivity contribution in [2.75, 3.05) is 6.54 Å². The fourth-order valence-corrected chi connectivity index (χ4v) is 6.10. The van der Waals surface area contributed by atoms with E-state index in [-0.39, 0.29) is 6.04 Å². The molecule has 0 spiro atoms. The summed E-state index contributed by atoms with van der Waals surface area (Å²) in [6.45, 7) is 2.99. The predicted octanol–water partition coefficient (Wildman–Crippen LogP) is 7.46. The van der Waals surface area contributed by atoms with Crippen LogP contribution in [0.2, 0.25) is 0 Å². The van der Waals surface area contributed by atoms with E-state index in [9.17, 15) is 0 Å². The van der Waals surface area contributed by atoms with E-state index < -0.39 is 0 Å². The number of aromatic nitrogens is 1. The number of rotatable bonds is 5. The van der Waals surface area contributed by atoms with E-state index in [1.807, 2.05) is 12.3 Å². The Morgan fingerprint density at radius 3 is 2.46 bits per heavy atom. The van der Waals surface area contributed by atoms with E-state index in [1.54, 1.807) is 6.20 Å². The zero-order chi connectivity index (χ0) is 27.8. The zero-order valence-electron chi connectivity index (χ0n) is 23.0. The summed E-state index contributed by atoms with van der Waals surface area (Å²) in [7, 11) is 0. The number of hydrogen-bond acceptors (Lipinski definition) is 3. The van der Waals surface area contributed by atoms with Crippen LogP contribution in [0.25, 0.3) is 44.7 Å². The number of allylic oxidation sites excluding steroid dienone is 2. The van der Waals surface area contributed by atoms with Crippen molar-refractivity contribution in [2.24, 2.45) is 5.73 Å². The number of para-hydroxylation sites is 1. The van der Waals surface area contributed by atoms with E-state index >= 15 is 0 Å². The summed E-state index contributed by atoms with van der Waals surface area (Å²) in [6.07, 6.45) is 14.7. The van der Waals surface area contributed by atoms with Crippen molar-refractivity contribution in [1.29, 1.82) is 0 Å². The lowest BCUT2D eigenvalue weighted by atomic mass is 9.91. The largest absolute Gasteiger partial charge is 0.405 e. The molecule has 3 heterocycles. The lowest BCUT2D eigenvalue weighted by Gasteiger charge is -2.28. The molecule has 200 valence electrons. The third-order valence-electron chi connectivity index (χ3n) is 8.13. The van der Waals surface area contributed by atoms with Gasteiger partial charge >= 0.3 is 0 Å². The number of hydrogen-bond donors (Lipinski definition) is 3. The molecule has 4 nitrogen and oxygen atoms in total. The third-order valence-corrected chi connectivity index (χ3v) is 8.13. The molecule has 41 heavy (non-hydrogen) atoms. The smallest absolute Gasteiger partial charge is 0.0705 e. The Balaban J connectivity index is 1.33. The molecule has 0 bridgehead atoms. The number of aryl methyl sites for hydroxylation is 1. The Hall–Kier alpha value is -5.22. The lowest BCUT2D eigenvalue weighted by Crippen LogP contribution is -2.31. The van der Waals surface area contributed by atoms with E-state index in [4.69, 9.17) is 5.73 Å². The monoisotopic (exact) mass is 532 g/mol. The van der Waals surface area contributed by atoms with Crippen molar-refractivity contribution in [2.45, 2.75) is 13.0 Å². The van der Waals surface area contributed by atoms with E-state index in [0.717, 1.165) is 23.6 Å². The van der Waals surface area contributed by atoms with Gasteiger partial charge in [-0.1, -0.05) is 78.9 Å². The van der Waals surface area contributed by atoms with Gasteiger partial charge in [0.25, 0.3) is 0 Å². The first-order chi connectivity index (χ1) is 20.2. The number of nitrogens with one attached hydrogen (secondary N) is 2. The first kappa shape index (κ1) is 24.8. The summed E-state index contributed by atoms with van der Waals surface area (Å²) in [5.74, 6) is 0. The molecule has 4 N–H and O–H groups in total. The molecule has 2 aliphatic rings. The molecular weight excluding hydrogens is 500 g/mol. The van der Waals surface area contributed by atoms with Crippen LogP contribution in [0.4, 0.5) is 0 Å². The van der Waals surface area contributed by atoms with Gasteiger partial charge in [-0.15, -0.1) is 0 Å². The molecular formula is C37H32N4. The van der Waals surface area contributed by atoms with Crippen molar-refractivity contribution in [3.63, 3.8) is 0 Å². The molecule has 1 unspecified atom stereocenters. The minimum atomic E-state index is 0.0688. The quantitative estimate of drug-likeness (QED) is 0.220. The maximum absolute atomic E-state index is 5.86. The topological polar surface area (TPSA) is 55.0 Å². The SMILES string of the molecule is Cc1c(/C=C\N)n(-c2ccc(C3=CC(C4=CCNC=C4)NC(c4cccc5ccccc45)=C3)cc2)c2ccccc12. The van der Waals surface area contributed by atoms with Crippen LogP contribution in [0.5, 0.6) is 0 Å². The number of nitrogens with two attached hydrogens (primary N) is 1. The number of nitrogens with zero attached hydrogens (tertiary/aromatic N) is 1. The van der Waals surface area contributed by atoms with Crippen LogP contribution < -0.4 is 16.4 Å². The van der Waals surface area contributed by atoms with Crippen LogP contribution in [0.3, 0.4) is 0 Å². The highest BCUT2D eigenvalue weighted by Gasteiger charge is 2.21. The molecule has 1 atom stereocenters. The van der Waals surface area contributed by atoms with Crippen molar-refractivity contribution in [1.82, 2.24) is 15.2 Å². The molecule has 2 aliphatic heterocycles. The number of dihydropyridines is 2. The summed E-state index contributed by atoms with van der Waals surface area (Å²) in [5, 5.41) is 10.8. The van der Waals surface area contributed by atoms with E-state index in [0.29, 0.717) is 0 Å². The maximum atomic E-state index is 5.86. The molecule has 0 saturated carbocycles. The van der Waals surface area contributed by atoms with Gasteiger partial charge in [-0.25, -0.2) is 0 Å². The average molecular weight is 533 g/mol. The summed E-state index contributed by atoms with van der Waals surface area (Å²) < 4.78 is 2.29. The van der Waals surface area contributed by atoms with Gasteiger partial charge in [0.05, 0.1) is 17.3 Å². The van der Waals surface area contributed by atoms with Crippen LogP contribution in [0.1, 0.15) is 22.4 Å². The Morgan fingerprint density at radius 1 is 0.878 bits per heavy atom. The molecule has 4 heteroatoms. The fourth-order valence-electron chi connectivity index (χ4n) is 6.10. The molecule has 0 radical (unpaired) electrons. The van der Waals surface area contributed by atoms with Crippen LogP contribution in [0.15, 0.2) is 133 Å². The third kappa shape index (κ3) is 4.44. The Labute approximate surface area is 240 Å². The van der Waals surface area contributed by atoms with Gasteiger partial charge in [0.15, 0.2) is 0 Å². The summed E-state index contributed by atoms with van der Waals surface area (Å²) in [5.41, 5.74) is 16.5. The summed E-state index contributed by atoms with van der Waals surface area (Å²) >= 11 is 0. The van der Waals surface area contributed by atoms with Gasteiger partial charge < -0.3 is 20.9 Å². The molecule has 5 aromatic rings. The maximum Gasteiger partial charge on any atom is 0.0705 e.